The Bertz CT molecular complexity index is 837. The zero-order valence-electron chi connectivity index (χ0n) is 14.9. The van der Waals surface area contributed by atoms with Gasteiger partial charge in [0.2, 0.25) is 0 Å². The maximum Gasteiger partial charge on any atom is 0.268 e. The molecule has 1 aromatic carbocycles. The Morgan fingerprint density at radius 1 is 1.28 bits per heavy atom. The first kappa shape index (κ1) is 17.4. The molecule has 3 N–H and O–H groups in total. The normalized spacial score (nSPS) is 19.4. The first-order valence-corrected chi connectivity index (χ1v) is 8.62. The number of fused-ring (bicyclic) bond motifs is 1. The topological polar surface area (TPSA) is 82.2 Å². The van der Waals surface area contributed by atoms with E-state index in [0.29, 0.717) is 28.9 Å². The van der Waals surface area contributed by atoms with Gasteiger partial charge in [-0.25, -0.2) is 0 Å². The lowest BCUT2D eigenvalue weighted by molar-refractivity contribution is 0.0189. The summed E-state index contributed by atoms with van der Waals surface area (Å²) in [5.41, 5.74) is 3.27. The average molecular weight is 340 g/mol. The van der Waals surface area contributed by atoms with E-state index in [1.807, 2.05) is 24.3 Å². The Kier molecular flexibility index (Phi) is 4.52. The molecule has 132 valence electrons. The predicted octanol–water partition coefficient (Wildman–Crippen LogP) is 2.79. The van der Waals surface area contributed by atoms with Crippen LogP contribution in [0.4, 0.5) is 0 Å². The molecular formula is C20H24N2O3. The van der Waals surface area contributed by atoms with Crippen molar-refractivity contribution in [3.63, 3.8) is 0 Å². The van der Waals surface area contributed by atoms with Crippen LogP contribution in [0, 0.1) is 13.8 Å². The van der Waals surface area contributed by atoms with Crippen molar-refractivity contribution >= 4 is 11.7 Å². The summed E-state index contributed by atoms with van der Waals surface area (Å²) in [6.45, 7) is 5.19. The predicted molar refractivity (Wildman–Crippen MR) is 95.9 cm³/mol. The van der Waals surface area contributed by atoms with Crippen LogP contribution in [0.25, 0.3) is 0 Å². The molecule has 1 amide bonds. The highest BCUT2D eigenvalue weighted by Gasteiger charge is 2.34. The van der Waals surface area contributed by atoms with Gasteiger partial charge < -0.3 is 15.4 Å². The van der Waals surface area contributed by atoms with Gasteiger partial charge in [-0.2, -0.15) is 0 Å². The smallest absolute Gasteiger partial charge is 0.268 e. The Balaban J connectivity index is 1.80. The minimum Gasteiger partial charge on any atom is -0.383 e. The van der Waals surface area contributed by atoms with Crippen LogP contribution in [0.15, 0.2) is 24.3 Å². The van der Waals surface area contributed by atoms with E-state index in [2.05, 4.69) is 10.3 Å². The summed E-state index contributed by atoms with van der Waals surface area (Å²) in [6, 6.07) is 7.84. The van der Waals surface area contributed by atoms with Crippen molar-refractivity contribution in [1.82, 2.24) is 10.3 Å². The van der Waals surface area contributed by atoms with Gasteiger partial charge in [0.15, 0.2) is 5.78 Å². The van der Waals surface area contributed by atoms with Crippen molar-refractivity contribution in [2.75, 3.05) is 6.54 Å². The summed E-state index contributed by atoms with van der Waals surface area (Å²) >= 11 is 0. The van der Waals surface area contributed by atoms with Crippen LogP contribution >= 0.6 is 0 Å². The van der Waals surface area contributed by atoms with Crippen LogP contribution in [0.3, 0.4) is 0 Å². The standard InChI is InChI=1S/C20H24N2O3/c1-12-17(14(3)23)13(2)22-18(12)19(24)21-11-20(25)10-6-8-15-7-4-5-9-16(15)20/h4-5,7,9,22,25H,6,8,10-11H2,1-3H3,(H,21,24). The van der Waals surface area contributed by atoms with E-state index in [1.165, 1.54) is 6.92 Å². The van der Waals surface area contributed by atoms with Crippen molar-refractivity contribution in [3.05, 3.63) is 57.9 Å². The number of carbonyl (C=O) groups excluding carboxylic acids is 2. The molecule has 0 spiro atoms. The van der Waals surface area contributed by atoms with Gasteiger partial charge in [-0.1, -0.05) is 24.3 Å². The second-order valence-electron chi connectivity index (χ2n) is 6.91. The van der Waals surface area contributed by atoms with E-state index in [9.17, 15) is 14.7 Å². The minimum absolute atomic E-state index is 0.0647. The molecule has 1 unspecified atom stereocenters. The molecule has 25 heavy (non-hydrogen) atoms. The van der Waals surface area contributed by atoms with Gasteiger partial charge in [0.25, 0.3) is 5.91 Å². The van der Waals surface area contributed by atoms with Gasteiger partial charge in [-0.3, -0.25) is 9.59 Å². The quantitative estimate of drug-likeness (QED) is 0.749. The van der Waals surface area contributed by atoms with Crippen LogP contribution in [-0.4, -0.2) is 28.3 Å². The number of benzene rings is 1. The first-order chi connectivity index (χ1) is 11.8. The summed E-state index contributed by atoms with van der Waals surface area (Å²) in [5, 5.41) is 13.9. The third-order valence-corrected chi connectivity index (χ3v) is 5.11. The molecular weight excluding hydrogens is 316 g/mol. The van der Waals surface area contributed by atoms with Crippen molar-refractivity contribution in [2.24, 2.45) is 0 Å². The van der Waals surface area contributed by atoms with E-state index in [1.54, 1.807) is 13.8 Å². The number of H-pyrrole nitrogens is 1. The molecule has 0 saturated heterocycles. The van der Waals surface area contributed by atoms with E-state index in [0.717, 1.165) is 24.0 Å². The minimum atomic E-state index is -1.05. The van der Waals surface area contributed by atoms with Crippen LogP contribution in [0.5, 0.6) is 0 Å². The number of hydrogen-bond acceptors (Lipinski definition) is 3. The molecule has 3 rings (SSSR count). The number of Topliss-reactive ketones (excluding diaryl/α,β-unsaturated/α-hetero) is 1. The van der Waals surface area contributed by atoms with Crippen LogP contribution < -0.4 is 5.32 Å². The summed E-state index contributed by atoms with van der Waals surface area (Å²) in [6.07, 6.45) is 2.45. The number of amides is 1. The van der Waals surface area contributed by atoms with E-state index < -0.39 is 5.60 Å². The first-order valence-electron chi connectivity index (χ1n) is 8.62. The molecule has 5 heteroatoms. The van der Waals surface area contributed by atoms with Gasteiger partial charge in [0.05, 0.1) is 6.54 Å². The molecule has 0 bridgehead atoms. The highest BCUT2D eigenvalue weighted by molar-refractivity contribution is 6.02. The summed E-state index contributed by atoms with van der Waals surface area (Å²) in [7, 11) is 0. The van der Waals surface area contributed by atoms with Crippen LogP contribution in [-0.2, 0) is 12.0 Å². The fraction of sp³-hybridized carbons (Fsp3) is 0.400. The Labute approximate surface area is 147 Å². The lowest BCUT2D eigenvalue weighted by Crippen LogP contribution is -2.43. The number of nitrogens with one attached hydrogen (secondary N) is 2. The zero-order valence-corrected chi connectivity index (χ0v) is 14.9. The van der Waals surface area contributed by atoms with Crippen molar-refractivity contribution < 1.29 is 14.7 Å². The number of aryl methyl sites for hydroxylation is 2. The summed E-state index contributed by atoms with van der Waals surface area (Å²) in [5.74, 6) is -0.366. The molecule has 5 nitrogen and oxygen atoms in total. The number of aromatic nitrogens is 1. The molecule has 2 aromatic rings. The monoisotopic (exact) mass is 340 g/mol. The number of aromatic amines is 1. The van der Waals surface area contributed by atoms with Crippen molar-refractivity contribution in [1.29, 1.82) is 0 Å². The molecule has 1 aromatic heterocycles. The Morgan fingerprint density at radius 3 is 2.68 bits per heavy atom. The van der Waals surface area contributed by atoms with Gasteiger partial charge in [0.1, 0.15) is 11.3 Å². The lowest BCUT2D eigenvalue weighted by atomic mass is 9.79. The largest absolute Gasteiger partial charge is 0.383 e. The fourth-order valence-electron chi connectivity index (χ4n) is 3.90. The van der Waals surface area contributed by atoms with Crippen LogP contribution in [0.1, 0.15) is 63.0 Å². The fourth-order valence-corrected chi connectivity index (χ4v) is 3.90. The molecule has 1 aliphatic carbocycles. The Hall–Kier alpha value is -2.40. The van der Waals surface area contributed by atoms with Gasteiger partial charge in [-0.15, -0.1) is 0 Å². The maximum atomic E-state index is 12.6. The third kappa shape index (κ3) is 3.12. The second kappa shape index (κ2) is 6.48. The molecule has 1 heterocycles. The Morgan fingerprint density at radius 2 is 2.00 bits per heavy atom. The molecule has 1 atom stereocenters. The second-order valence-corrected chi connectivity index (χ2v) is 6.91. The number of rotatable bonds is 4. The highest BCUT2D eigenvalue weighted by Crippen LogP contribution is 2.34. The van der Waals surface area contributed by atoms with Gasteiger partial charge >= 0.3 is 0 Å². The molecule has 0 fully saturated rings. The third-order valence-electron chi connectivity index (χ3n) is 5.11. The van der Waals surface area contributed by atoms with Gasteiger partial charge in [0, 0.05) is 11.3 Å². The SMILES string of the molecule is CC(=O)c1c(C)[nH]c(C(=O)NCC2(O)CCCc3ccccc32)c1C. The molecule has 0 radical (unpaired) electrons. The van der Waals surface area contributed by atoms with Gasteiger partial charge in [-0.05, 0) is 56.7 Å². The number of aliphatic hydroxyl groups is 1. The van der Waals surface area contributed by atoms with E-state index in [4.69, 9.17) is 0 Å². The summed E-state index contributed by atoms with van der Waals surface area (Å²) < 4.78 is 0. The summed E-state index contributed by atoms with van der Waals surface area (Å²) in [4.78, 5) is 27.3. The van der Waals surface area contributed by atoms with E-state index >= 15 is 0 Å². The zero-order chi connectivity index (χ0) is 18.2. The highest BCUT2D eigenvalue weighted by atomic mass is 16.3. The number of hydrogen-bond donors (Lipinski definition) is 3. The lowest BCUT2D eigenvalue weighted by Gasteiger charge is -2.34. The molecule has 1 aliphatic rings. The van der Waals surface area contributed by atoms with E-state index in [-0.39, 0.29) is 18.2 Å². The maximum absolute atomic E-state index is 12.6. The number of carbonyl (C=O) groups is 2. The van der Waals surface area contributed by atoms with Crippen molar-refractivity contribution in [3.8, 4) is 0 Å². The number of ketones is 1. The molecule has 0 saturated carbocycles. The molecule has 0 aliphatic heterocycles. The van der Waals surface area contributed by atoms with Crippen LogP contribution in [0.2, 0.25) is 0 Å². The average Bonchev–Trinajstić information content (AvgIpc) is 2.88. The van der Waals surface area contributed by atoms with Crippen molar-refractivity contribution in [2.45, 2.75) is 45.6 Å².